The van der Waals surface area contributed by atoms with E-state index < -0.39 is 0 Å². The number of benzene rings is 1. The van der Waals surface area contributed by atoms with Crippen LogP contribution in [-0.2, 0) is 9.47 Å². The minimum atomic E-state index is -0.322. The molecule has 1 rings (SSSR count). The molecule has 0 aliphatic carbocycles. The van der Waals surface area contributed by atoms with Crippen LogP contribution in [0.1, 0.15) is 23.2 Å². The van der Waals surface area contributed by atoms with Gasteiger partial charge in [-0.2, -0.15) is 0 Å². The molecule has 0 spiro atoms. The van der Waals surface area contributed by atoms with Gasteiger partial charge < -0.3 is 9.47 Å². The Morgan fingerprint density at radius 3 is 2.14 bits per heavy atom. The molecule has 0 saturated heterocycles. The second kappa shape index (κ2) is 10.4. The standard InChI is InChI=1S/C16H24FNO3/c1-20-12-10-18(11-13-21-2)9-3-4-16(19)14-5-7-15(17)8-6-14/h5-8H,3-4,9-13H2,1-2H3. The van der Waals surface area contributed by atoms with Crippen LogP contribution in [0.2, 0.25) is 0 Å². The molecule has 0 fully saturated rings. The van der Waals surface area contributed by atoms with E-state index in [1.165, 1.54) is 24.3 Å². The summed E-state index contributed by atoms with van der Waals surface area (Å²) >= 11 is 0. The van der Waals surface area contributed by atoms with Gasteiger partial charge in [0.15, 0.2) is 5.78 Å². The van der Waals surface area contributed by atoms with Gasteiger partial charge in [-0.25, -0.2) is 4.39 Å². The summed E-state index contributed by atoms with van der Waals surface area (Å²) in [7, 11) is 3.35. The van der Waals surface area contributed by atoms with Crippen molar-refractivity contribution >= 4 is 5.78 Å². The fourth-order valence-corrected chi connectivity index (χ4v) is 2.02. The van der Waals surface area contributed by atoms with Crippen molar-refractivity contribution in [2.24, 2.45) is 0 Å². The Morgan fingerprint density at radius 1 is 1.05 bits per heavy atom. The number of nitrogens with zero attached hydrogens (tertiary/aromatic N) is 1. The molecule has 0 atom stereocenters. The van der Waals surface area contributed by atoms with Crippen molar-refractivity contribution in [3.63, 3.8) is 0 Å². The molecule has 118 valence electrons. The molecule has 0 bridgehead atoms. The first-order valence-electron chi connectivity index (χ1n) is 7.16. The maximum absolute atomic E-state index is 12.8. The van der Waals surface area contributed by atoms with Gasteiger partial charge in [0.25, 0.3) is 0 Å². The lowest BCUT2D eigenvalue weighted by molar-refractivity contribution is 0.0955. The van der Waals surface area contributed by atoms with Crippen molar-refractivity contribution in [2.45, 2.75) is 12.8 Å². The largest absolute Gasteiger partial charge is 0.383 e. The predicted octanol–water partition coefficient (Wildman–Crippen LogP) is 2.38. The first-order chi connectivity index (χ1) is 10.2. The molecule has 5 heteroatoms. The Bertz CT molecular complexity index is 400. The minimum Gasteiger partial charge on any atom is -0.383 e. The fourth-order valence-electron chi connectivity index (χ4n) is 2.02. The number of carbonyl (C=O) groups excluding carboxylic acids is 1. The van der Waals surface area contributed by atoms with Crippen LogP contribution in [0.4, 0.5) is 4.39 Å². The first-order valence-corrected chi connectivity index (χ1v) is 7.16. The average Bonchev–Trinajstić information content (AvgIpc) is 2.50. The first kappa shape index (κ1) is 17.8. The maximum atomic E-state index is 12.8. The summed E-state index contributed by atoms with van der Waals surface area (Å²) in [5.41, 5.74) is 0.566. The van der Waals surface area contributed by atoms with E-state index in [1.807, 2.05) is 0 Å². The minimum absolute atomic E-state index is 0.0495. The van der Waals surface area contributed by atoms with E-state index in [9.17, 15) is 9.18 Å². The van der Waals surface area contributed by atoms with Crippen molar-refractivity contribution < 1.29 is 18.7 Å². The third-order valence-corrected chi connectivity index (χ3v) is 3.27. The van der Waals surface area contributed by atoms with E-state index in [4.69, 9.17) is 9.47 Å². The van der Waals surface area contributed by atoms with E-state index in [1.54, 1.807) is 14.2 Å². The molecule has 0 aromatic heterocycles. The van der Waals surface area contributed by atoms with Crippen molar-refractivity contribution in [1.82, 2.24) is 4.90 Å². The molecule has 1 aromatic rings. The van der Waals surface area contributed by atoms with Gasteiger partial charge in [0.1, 0.15) is 5.82 Å². The van der Waals surface area contributed by atoms with Crippen molar-refractivity contribution in [3.05, 3.63) is 35.6 Å². The molecule has 0 amide bonds. The summed E-state index contributed by atoms with van der Waals surface area (Å²) in [6.07, 6.45) is 1.23. The molecule has 0 radical (unpaired) electrons. The Hall–Kier alpha value is -1.30. The van der Waals surface area contributed by atoms with E-state index in [0.29, 0.717) is 25.2 Å². The van der Waals surface area contributed by atoms with Crippen molar-refractivity contribution in [2.75, 3.05) is 47.1 Å². The monoisotopic (exact) mass is 297 g/mol. The van der Waals surface area contributed by atoms with Gasteiger partial charge in [0, 0.05) is 39.3 Å². The van der Waals surface area contributed by atoms with Gasteiger partial charge in [0.2, 0.25) is 0 Å². The summed E-state index contributed by atoms with van der Waals surface area (Å²) in [5, 5.41) is 0. The Morgan fingerprint density at radius 2 is 1.62 bits per heavy atom. The molecule has 0 saturated carbocycles. The normalized spacial score (nSPS) is 11.0. The SMILES string of the molecule is COCCN(CCCC(=O)c1ccc(F)cc1)CCOC. The van der Waals surface area contributed by atoms with E-state index in [2.05, 4.69) is 4.90 Å². The van der Waals surface area contributed by atoms with Gasteiger partial charge in [-0.15, -0.1) is 0 Å². The molecule has 0 unspecified atom stereocenters. The Balaban J connectivity index is 2.34. The zero-order valence-electron chi connectivity index (χ0n) is 12.8. The molecule has 1 aromatic carbocycles. The number of ether oxygens (including phenoxy) is 2. The highest BCUT2D eigenvalue weighted by atomic mass is 19.1. The number of carbonyl (C=O) groups is 1. The Labute approximate surface area is 125 Å². The van der Waals surface area contributed by atoms with Gasteiger partial charge >= 0.3 is 0 Å². The second-order valence-electron chi connectivity index (χ2n) is 4.86. The maximum Gasteiger partial charge on any atom is 0.162 e. The van der Waals surface area contributed by atoms with E-state index in [-0.39, 0.29) is 11.6 Å². The van der Waals surface area contributed by atoms with Gasteiger partial charge in [-0.05, 0) is 37.2 Å². The number of rotatable bonds is 11. The highest BCUT2D eigenvalue weighted by molar-refractivity contribution is 5.95. The number of hydrogen-bond acceptors (Lipinski definition) is 4. The third kappa shape index (κ3) is 7.32. The van der Waals surface area contributed by atoms with Crippen LogP contribution in [0.15, 0.2) is 24.3 Å². The third-order valence-electron chi connectivity index (χ3n) is 3.27. The van der Waals surface area contributed by atoms with Crippen LogP contribution < -0.4 is 0 Å². The molecule has 4 nitrogen and oxygen atoms in total. The van der Waals surface area contributed by atoms with Crippen LogP contribution in [0, 0.1) is 5.82 Å². The molecule has 21 heavy (non-hydrogen) atoms. The van der Waals surface area contributed by atoms with Crippen LogP contribution in [0.3, 0.4) is 0 Å². The van der Waals surface area contributed by atoms with Crippen molar-refractivity contribution in [3.8, 4) is 0 Å². The van der Waals surface area contributed by atoms with Crippen LogP contribution in [0.5, 0.6) is 0 Å². The molecular weight excluding hydrogens is 273 g/mol. The second-order valence-corrected chi connectivity index (χ2v) is 4.86. The summed E-state index contributed by atoms with van der Waals surface area (Å²) in [4.78, 5) is 14.2. The lowest BCUT2D eigenvalue weighted by Crippen LogP contribution is -2.32. The smallest absolute Gasteiger partial charge is 0.162 e. The Kier molecular flexibility index (Phi) is 8.82. The highest BCUT2D eigenvalue weighted by Crippen LogP contribution is 2.08. The number of methoxy groups -OCH3 is 2. The molecule has 0 heterocycles. The zero-order valence-corrected chi connectivity index (χ0v) is 12.8. The van der Waals surface area contributed by atoms with Crippen LogP contribution in [0.25, 0.3) is 0 Å². The molecule has 0 aliphatic rings. The van der Waals surface area contributed by atoms with E-state index >= 15 is 0 Å². The van der Waals surface area contributed by atoms with Gasteiger partial charge in [-0.3, -0.25) is 9.69 Å². The van der Waals surface area contributed by atoms with Crippen LogP contribution >= 0.6 is 0 Å². The quantitative estimate of drug-likeness (QED) is 0.588. The average molecular weight is 297 g/mol. The van der Waals surface area contributed by atoms with Gasteiger partial charge in [-0.1, -0.05) is 0 Å². The number of Topliss-reactive ketones (excluding diaryl/α,β-unsaturated/α-hetero) is 1. The molecular formula is C16H24FNO3. The highest BCUT2D eigenvalue weighted by Gasteiger charge is 2.08. The predicted molar refractivity (Wildman–Crippen MR) is 80.2 cm³/mol. The zero-order chi connectivity index (χ0) is 15.5. The lowest BCUT2D eigenvalue weighted by atomic mass is 10.1. The summed E-state index contributed by atoms with van der Waals surface area (Å²) in [5.74, 6) is -0.273. The summed E-state index contributed by atoms with van der Waals surface area (Å²) in [6, 6.07) is 5.70. The van der Waals surface area contributed by atoms with Gasteiger partial charge in [0.05, 0.1) is 13.2 Å². The lowest BCUT2D eigenvalue weighted by Gasteiger charge is -2.21. The number of halogens is 1. The summed E-state index contributed by atoms with van der Waals surface area (Å²) in [6.45, 7) is 3.79. The number of ketones is 1. The van der Waals surface area contributed by atoms with E-state index in [0.717, 1.165) is 26.1 Å². The summed E-state index contributed by atoms with van der Waals surface area (Å²) < 4.78 is 23.0. The fraction of sp³-hybridized carbons (Fsp3) is 0.562. The molecule has 0 aliphatic heterocycles. The molecule has 0 N–H and O–H groups in total. The van der Waals surface area contributed by atoms with Crippen molar-refractivity contribution in [1.29, 1.82) is 0 Å². The topological polar surface area (TPSA) is 38.8 Å². The number of hydrogen-bond donors (Lipinski definition) is 0. The van der Waals surface area contributed by atoms with Crippen LogP contribution in [-0.4, -0.2) is 57.8 Å².